The minimum absolute atomic E-state index is 0.181. The summed E-state index contributed by atoms with van der Waals surface area (Å²) in [5.41, 5.74) is 1.42. The summed E-state index contributed by atoms with van der Waals surface area (Å²) >= 11 is 0. The fourth-order valence-electron chi connectivity index (χ4n) is 1.24. The van der Waals surface area contributed by atoms with Crippen LogP contribution in [-0.4, -0.2) is 16.1 Å². The van der Waals surface area contributed by atoms with Crippen LogP contribution >= 0.6 is 0 Å². The van der Waals surface area contributed by atoms with Crippen molar-refractivity contribution in [2.24, 2.45) is 5.41 Å². The van der Waals surface area contributed by atoms with Crippen molar-refractivity contribution in [3.63, 3.8) is 0 Å². The number of rotatable bonds is 2. The zero-order valence-corrected chi connectivity index (χ0v) is 8.22. The Hall–Kier alpha value is -1.25. The Morgan fingerprint density at radius 3 is 2.46 bits per heavy atom. The molecule has 0 atom stereocenters. The highest BCUT2D eigenvalue weighted by molar-refractivity contribution is 5.85. The molecule has 2 N–H and O–H groups in total. The van der Waals surface area contributed by atoms with Gasteiger partial charge in [-0.2, -0.15) is 0 Å². The largest absolute Gasteiger partial charge is 0.477 e. The van der Waals surface area contributed by atoms with Gasteiger partial charge in [-0.1, -0.05) is 20.8 Å². The standard InChI is InChI=1S/C10H15NO2/c1-10(2,3)6-7-4-5-8(11-7)9(12)13/h4-5,11H,6H2,1-3H3,(H,12,13). The third kappa shape index (κ3) is 2.93. The van der Waals surface area contributed by atoms with Gasteiger partial charge in [-0.25, -0.2) is 4.79 Å². The summed E-state index contributed by atoms with van der Waals surface area (Å²) < 4.78 is 0. The Kier molecular flexibility index (Phi) is 2.45. The highest BCUT2D eigenvalue weighted by Crippen LogP contribution is 2.19. The van der Waals surface area contributed by atoms with E-state index < -0.39 is 5.97 Å². The van der Waals surface area contributed by atoms with Crippen LogP contribution in [0.4, 0.5) is 0 Å². The van der Waals surface area contributed by atoms with Crippen molar-refractivity contribution in [3.05, 3.63) is 23.5 Å². The molecule has 0 spiro atoms. The van der Waals surface area contributed by atoms with Crippen LogP contribution in [0.25, 0.3) is 0 Å². The summed E-state index contributed by atoms with van der Waals surface area (Å²) in [6, 6.07) is 3.43. The first kappa shape index (κ1) is 9.84. The van der Waals surface area contributed by atoms with E-state index in [1.807, 2.05) is 6.07 Å². The van der Waals surface area contributed by atoms with Crippen molar-refractivity contribution in [2.45, 2.75) is 27.2 Å². The van der Waals surface area contributed by atoms with Gasteiger partial charge in [0.25, 0.3) is 0 Å². The molecule has 0 unspecified atom stereocenters. The molecule has 1 rings (SSSR count). The van der Waals surface area contributed by atoms with Gasteiger partial charge in [0.2, 0.25) is 0 Å². The van der Waals surface area contributed by atoms with Crippen LogP contribution < -0.4 is 0 Å². The number of hydrogen-bond acceptors (Lipinski definition) is 1. The average Bonchev–Trinajstić information content (AvgIpc) is 2.31. The summed E-state index contributed by atoms with van der Waals surface area (Å²) in [6.45, 7) is 6.36. The van der Waals surface area contributed by atoms with Crippen molar-refractivity contribution in [1.29, 1.82) is 0 Å². The number of aromatic carboxylic acids is 1. The molecule has 0 bridgehead atoms. The number of H-pyrrole nitrogens is 1. The number of carbonyl (C=O) groups is 1. The molecule has 1 aromatic heterocycles. The number of aromatic amines is 1. The lowest BCUT2D eigenvalue weighted by molar-refractivity contribution is 0.0691. The van der Waals surface area contributed by atoms with E-state index in [0.717, 1.165) is 12.1 Å². The summed E-state index contributed by atoms with van der Waals surface area (Å²) in [4.78, 5) is 13.4. The maximum Gasteiger partial charge on any atom is 0.352 e. The molecular formula is C10H15NO2. The molecule has 0 radical (unpaired) electrons. The molecule has 1 aromatic rings. The van der Waals surface area contributed by atoms with Gasteiger partial charge in [-0.05, 0) is 24.0 Å². The summed E-state index contributed by atoms with van der Waals surface area (Å²) in [6.07, 6.45) is 0.861. The van der Waals surface area contributed by atoms with E-state index in [0.29, 0.717) is 0 Å². The van der Waals surface area contributed by atoms with Gasteiger partial charge in [-0.15, -0.1) is 0 Å². The van der Waals surface area contributed by atoms with Crippen molar-refractivity contribution >= 4 is 5.97 Å². The molecule has 0 fully saturated rings. The second-order valence-electron chi connectivity index (χ2n) is 4.44. The number of carboxylic acids is 1. The van der Waals surface area contributed by atoms with Crippen molar-refractivity contribution in [3.8, 4) is 0 Å². The smallest absolute Gasteiger partial charge is 0.352 e. The maximum atomic E-state index is 10.5. The van der Waals surface area contributed by atoms with E-state index in [1.165, 1.54) is 0 Å². The minimum atomic E-state index is -0.903. The molecular weight excluding hydrogens is 166 g/mol. The normalized spacial score (nSPS) is 11.6. The van der Waals surface area contributed by atoms with E-state index in [4.69, 9.17) is 5.11 Å². The van der Waals surface area contributed by atoms with Crippen molar-refractivity contribution in [1.82, 2.24) is 4.98 Å². The van der Waals surface area contributed by atoms with Gasteiger partial charge >= 0.3 is 5.97 Å². The molecule has 0 saturated heterocycles. The minimum Gasteiger partial charge on any atom is -0.477 e. The Morgan fingerprint density at radius 2 is 2.08 bits per heavy atom. The van der Waals surface area contributed by atoms with E-state index in [1.54, 1.807) is 6.07 Å². The molecule has 0 amide bonds. The van der Waals surface area contributed by atoms with Crippen LogP contribution in [-0.2, 0) is 6.42 Å². The molecule has 0 aliphatic rings. The topological polar surface area (TPSA) is 53.1 Å². The number of nitrogens with one attached hydrogen (secondary N) is 1. The first-order valence-corrected chi connectivity index (χ1v) is 4.30. The average molecular weight is 181 g/mol. The SMILES string of the molecule is CC(C)(C)Cc1ccc(C(=O)O)[nH]1. The molecule has 1 heterocycles. The monoisotopic (exact) mass is 181 g/mol. The second-order valence-corrected chi connectivity index (χ2v) is 4.44. The predicted molar refractivity (Wildman–Crippen MR) is 50.9 cm³/mol. The predicted octanol–water partition coefficient (Wildman–Crippen LogP) is 2.30. The van der Waals surface area contributed by atoms with Crippen LogP contribution in [0.2, 0.25) is 0 Å². The van der Waals surface area contributed by atoms with E-state index >= 15 is 0 Å². The van der Waals surface area contributed by atoms with Crippen LogP contribution in [0, 0.1) is 5.41 Å². The van der Waals surface area contributed by atoms with Gasteiger partial charge < -0.3 is 10.1 Å². The van der Waals surface area contributed by atoms with E-state index in [-0.39, 0.29) is 11.1 Å². The molecule has 0 aliphatic carbocycles. The maximum absolute atomic E-state index is 10.5. The first-order chi connectivity index (χ1) is 5.88. The Morgan fingerprint density at radius 1 is 1.46 bits per heavy atom. The summed E-state index contributed by atoms with van der Waals surface area (Å²) in [5, 5.41) is 8.67. The van der Waals surface area contributed by atoms with Crippen LogP contribution in [0.15, 0.2) is 12.1 Å². The van der Waals surface area contributed by atoms with Gasteiger partial charge in [0.15, 0.2) is 0 Å². The van der Waals surface area contributed by atoms with Crippen molar-refractivity contribution < 1.29 is 9.90 Å². The van der Waals surface area contributed by atoms with Gasteiger partial charge in [-0.3, -0.25) is 0 Å². The van der Waals surface area contributed by atoms with Crippen LogP contribution in [0.3, 0.4) is 0 Å². The van der Waals surface area contributed by atoms with Gasteiger partial charge in [0, 0.05) is 5.69 Å². The lowest BCUT2D eigenvalue weighted by Gasteiger charge is -2.16. The Balaban J connectivity index is 2.75. The number of aromatic nitrogens is 1. The zero-order chi connectivity index (χ0) is 10.1. The highest BCUT2D eigenvalue weighted by Gasteiger charge is 2.13. The number of carboxylic acid groups (broad SMARTS) is 1. The first-order valence-electron chi connectivity index (χ1n) is 4.30. The van der Waals surface area contributed by atoms with Crippen LogP contribution in [0.1, 0.15) is 37.0 Å². The third-order valence-electron chi connectivity index (χ3n) is 1.70. The molecule has 3 heteroatoms. The second kappa shape index (κ2) is 3.24. The van der Waals surface area contributed by atoms with Crippen molar-refractivity contribution in [2.75, 3.05) is 0 Å². The quantitative estimate of drug-likeness (QED) is 0.735. The fourth-order valence-corrected chi connectivity index (χ4v) is 1.24. The molecule has 13 heavy (non-hydrogen) atoms. The van der Waals surface area contributed by atoms with Gasteiger partial charge in [0.1, 0.15) is 5.69 Å². The molecule has 0 aromatic carbocycles. The lowest BCUT2D eigenvalue weighted by Crippen LogP contribution is -2.09. The third-order valence-corrected chi connectivity index (χ3v) is 1.70. The fraction of sp³-hybridized carbons (Fsp3) is 0.500. The van der Waals surface area contributed by atoms with Gasteiger partial charge in [0.05, 0.1) is 0 Å². The van der Waals surface area contributed by atoms with Crippen LogP contribution in [0.5, 0.6) is 0 Å². The summed E-state index contributed by atoms with van der Waals surface area (Å²) in [7, 11) is 0. The number of hydrogen-bond donors (Lipinski definition) is 2. The Labute approximate surface area is 77.8 Å². The van der Waals surface area contributed by atoms with E-state index in [9.17, 15) is 4.79 Å². The highest BCUT2D eigenvalue weighted by atomic mass is 16.4. The van der Waals surface area contributed by atoms with E-state index in [2.05, 4.69) is 25.8 Å². The zero-order valence-electron chi connectivity index (χ0n) is 8.22. The molecule has 0 saturated carbocycles. The molecule has 72 valence electrons. The summed E-state index contributed by atoms with van der Waals surface area (Å²) in [5.74, 6) is -0.903. The molecule has 0 aliphatic heterocycles. The lowest BCUT2D eigenvalue weighted by atomic mass is 9.91. The molecule has 3 nitrogen and oxygen atoms in total. The Bertz CT molecular complexity index is 307.